The predicted octanol–water partition coefficient (Wildman–Crippen LogP) is 4.00. The molecule has 0 unspecified atom stereocenters. The Kier molecular flexibility index (Phi) is 13.7. The summed E-state index contributed by atoms with van der Waals surface area (Å²) in [6.45, 7) is 8.00. The number of nitrogens with one attached hydrogen (secondary N) is 3. The normalized spacial score (nSPS) is 17.1. The number of nitrogens with zero attached hydrogens (tertiary/aromatic N) is 2. The van der Waals surface area contributed by atoms with Crippen LogP contribution in [0.1, 0.15) is 65.4 Å². The van der Waals surface area contributed by atoms with Crippen molar-refractivity contribution in [1.82, 2.24) is 15.1 Å². The number of likely N-dealkylation sites (N-methyl/N-ethyl adjacent to an activating group) is 1. The van der Waals surface area contributed by atoms with E-state index in [1.807, 2.05) is 26.8 Å². The quantitative estimate of drug-likeness (QED) is 0.163. The van der Waals surface area contributed by atoms with Crippen molar-refractivity contribution < 1.29 is 29.0 Å². The van der Waals surface area contributed by atoms with Gasteiger partial charge in [-0.05, 0) is 63.9 Å². The highest BCUT2D eigenvalue weighted by atomic mass is 16.5. The zero-order valence-electron chi connectivity index (χ0n) is 27.7. The van der Waals surface area contributed by atoms with Crippen LogP contribution in [0.4, 0.5) is 21.9 Å². The number of rotatable bonds is 13. The van der Waals surface area contributed by atoms with Crippen molar-refractivity contribution in [2.75, 3.05) is 43.1 Å². The van der Waals surface area contributed by atoms with E-state index in [1.165, 1.54) is 0 Å². The van der Waals surface area contributed by atoms with Gasteiger partial charge in [0, 0.05) is 49.6 Å². The molecule has 6 N–H and O–H groups in total. The van der Waals surface area contributed by atoms with E-state index in [9.17, 15) is 24.3 Å². The first-order valence-electron chi connectivity index (χ1n) is 16.0. The predicted molar refractivity (Wildman–Crippen MR) is 179 cm³/mol. The number of unbranched alkanes of at least 4 members (excludes halogenated alkanes) is 2. The summed E-state index contributed by atoms with van der Waals surface area (Å²) in [6.07, 6.45) is 2.17. The first-order valence-corrected chi connectivity index (χ1v) is 16.0. The molecule has 0 aliphatic carbocycles. The van der Waals surface area contributed by atoms with Gasteiger partial charge in [0.05, 0.1) is 37.0 Å². The summed E-state index contributed by atoms with van der Waals surface area (Å²) in [5, 5.41) is 18.5. The van der Waals surface area contributed by atoms with Crippen molar-refractivity contribution >= 4 is 40.8 Å². The number of anilines is 3. The second-order valence-electron chi connectivity index (χ2n) is 12.4. The second-order valence-corrected chi connectivity index (χ2v) is 12.4. The number of nitrogens with two attached hydrogens (primary N) is 1. The number of nitrogen functional groups attached to an aromatic ring is 1. The van der Waals surface area contributed by atoms with E-state index in [0.29, 0.717) is 60.6 Å². The molecule has 0 aromatic heterocycles. The number of aliphatic hydroxyl groups excluding tert-OH is 1. The van der Waals surface area contributed by atoms with Gasteiger partial charge in [0.25, 0.3) is 0 Å². The molecular weight excluding hydrogens is 588 g/mol. The summed E-state index contributed by atoms with van der Waals surface area (Å²) < 4.78 is 6.46. The van der Waals surface area contributed by atoms with Crippen molar-refractivity contribution in [1.29, 1.82) is 0 Å². The first kappa shape index (κ1) is 36.2. The van der Waals surface area contributed by atoms with Crippen molar-refractivity contribution in [3.05, 3.63) is 48.0 Å². The van der Waals surface area contributed by atoms with Crippen LogP contribution in [0, 0.1) is 5.92 Å². The minimum Gasteiger partial charge on any atom is -0.488 e. The third-order valence-corrected chi connectivity index (χ3v) is 7.96. The second kappa shape index (κ2) is 17.4. The van der Waals surface area contributed by atoms with Gasteiger partial charge in [-0.15, -0.1) is 0 Å². The maximum absolute atomic E-state index is 13.5. The van der Waals surface area contributed by atoms with E-state index in [0.717, 1.165) is 0 Å². The number of para-hydroxylation sites is 2. The largest absolute Gasteiger partial charge is 0.488 e. The lowest BCUT2D eigenvalue weighted by molar-refractivity contribution is -0.134. The molecule has 3 rings (SSSR count). The van der Waals surface area contributed by atoms with Gasteiger partial charge in [0.1, 0.15) is 11.9 Å². The van der Waals surface area contributed by atoms with Gasteiger partial charge in [0.15, 0.2) is 0 Å². The molecule has 46 heavy (non-hydrogen) atoms. The fraction of sp³-hybridized carbons (Fsp3) is 0.529. The van der Waals surface area contributed by atoms with E-state index < -0.39 is 12.1 Å². The Morgan fingerprint density at radius 1 is 1.04 bits per heavy atom. The molecule has 0 saturated carbocycles. The van der Waals surface area contributed by atoms with Crippen LogP contribution in [0.25, 0.3) is 0 Å². The van der Waals surface area contributed by atoms with E-state index in [2.05, 4.69) is 16.0 Å². The molecule has 1 aliphatic heterocycles. The third-order valence-electron chi connectivity index (χ3n) is 7.96. The number of hydrogen-bond donors (Lipinski definition) is 5. The summed E-state index contributed by atoms with van der Waals surface area (Å²) in [5.41, 5.74) is 8.13. The number of carbonyl (C=O) groups is 4. The standard InChI is InChI=1S/C34H50N6O6/c1-22(2)36-34(45)39(5)20-30-23(3)19-40(24(4)21-41)33(44)18-25-17-26(15-16-29(25)46-30)37-31(42)13-7-6-8-14-32(43)38-28-12-10-9-11-27(28)35/h9-12,15-17,22-24,30,41H,6-8,13-14,18-21,35H2,1-5H3,(H,36,45)(H,37,42)(H,38,43)/t23-,24-,30-/m0/s1. The Morgan fingerprint density at radius 2 is 1.72 bits per heavy atom. The summed E-state index contributed by atoms with van der Waals surface area (Å²) in [4.78, 5) is 54.3. The van der Waals surface area contributed by atoms with Crippen molar-refractivity contribution in [3.63, 3.8) is 0 Å². The molecule has 252 valence electrons. The summed E-state index contributed by atoms with van der Waals surface area (Å²) in [5.74, 6) is -0.0939. The molecule has 0 bridgehead atoms. The van der Waals surface area contributed by atoms with Crippen molar-refractivity contribution in [3.8, 4) is 5.75 Å². The lowest BCUT2D eigenvalue weighted by Crippen LogP contribution is -2.49. The summed E-state index contributed by atoms with van der Waals surface area (Å²) in [6, 6.07) is 11.7. The minimum absolute atomic E-state index is 0.0200. The Bertz CT molecular complexity index is 1350. The molecule has 0 radical (unpaired) electrons. The highest BCUT2D eigenvalue weighted by Gasteiger charge is 2.32. The number of fused-ring (bicyclic) bond motifs is 1. The molecule has 0 fully saturated rings. The van der Waals surface area contributed by atoms with Crippen molar-refractivity contribution in [2.45, 2.75) is 84.4 Å². The lowest BCUT2D eigenvalue weighted by atomic mass is 10.0. The molecule has 1 heterocycles. The Hall–Kier alpha value is -4.32. The van der Waals surface area contributed by atoms with Gasteiger partial charge in [-0.1, -0.05) is 25.5 Å². The number of hydrogen-bond acceptors (Lipinski definition) is 7. The highest BCUT2D eigenvalue weighted by molar-refractivity contribution is 5.94. The van der Waals surface area contributed by atoms with Crippen LogP contribution in [0.3, 0.4) is 0 Å². The average Bonchev–Trinajstić information content (AvgIpc) is 3.04. The van der Waals surface area contributed by atoms with Gasteiger partial charge < -0.3 is 41.3 Å². The minimum atomic E-state index is -0.437. The molecule has 0 saturated heterocycles. The average molecular weight is 639 g/mol. The van der Waals surface area contributed by atoms with Crippen LogP contribution >= 0.6 is 0 Å². The number of urea groups is 1. The molecule has 12 nitrogen and oxygen atoms in total. The SMILES string of the molecule is CC(C)NC(=O)N(C)C[C@@H]1Oc2ccc(NC(=O)CCCCCC(=O)Nc3ccccc3N)cc2CC(=O)N([C@@H](C)CO)C[C@@H]1C. The smallest absolute Gasteiger partial charge is 0.317 e. The molecule has 2 aromatic rings. The zero-order chi connectivity index (χ0) is 33.8. The molecular formula is C34H50N6O6. The maximum Gasteiger partial charge on any atom is 0.317 e. The Morgan fingerprint density at radius 3 is 2.37 bits per heavy atom. The molecule has 12 heteroatoms. The van der Waals surface area contributed by atoms with Crippen LogP contribution in [0.2, 0.25) is 0 Å². The van der Waals surface area contributed by atoms with Gasteiger partial charge in [-0.3, -0.25) is 14.4 Å². The summed E-state index contributed by atoms with van der Waals surface area (Å²) in [7, 11) is 1.70. The van der Waals surface area contributed by atoms with E-state index >= 15 is 0 Å². The molecule has 0 spiro atoms. The third kappa shape index (κ3) is 10.9. The van der Waals surface area contributed by atoms with E-state index in [-0.39, 0.29) is 61.7 Å². The van der Waals surface area contributed by atoms with Crippen LogP contribution < -0.4 is 26.4 Å². The van der Waals surface area contributed by atoms with Crippen molar-refractivity contribution in [2.24, 2.45) is 5.92 Å². The van der Waals surface area contributed by atoms with Crippen LogP contribution in [-0.4, -0.2) is 83.6 Å². The fourth-order valence-electron chi connectivity index (χ4n) is 5.23. The van der Waals surface area contributed by atoms with Gasteiger partial charge in [-0.2, -0.15) is 0 Å². The molecule has 2 aromatic carbocycles. The van der Waals surface area contributed by atoms with Gasteiger partial charge in [0.2, 0.25) is 17.7 Å². The van der Waals surface area contributed by atoms with Crippen LogP contribution in [-0.2, 0) is 20.8 Å². The number of aliphatic hydroxyl groups is 1. The Labute approximate surface area is 272 Å². The van der Waals surface area contributed by atoms with E-state index in [1.54, 1.807) is 60.2 Å². The monoisotopic (exact) mass is 638 g/mol. The lowest BCUT2D eigenvalue weighted by Gasteiger charge is -2.34. The Balaban J connectivity index is 1.62. The fourth-order valence-corrected chi connectivity index (χ4v) is 5.23. The number of amides is 5. The molecule has 3 atom stereocenters. The summed E-state index contributed by atoms with van der Waals surface area (Å²) >= 11 is 0. The molecule has 5 amide bonds. The highest BCUT2D eigenvalue weighted by Crippen LogP contribution is 2.29. The van der Waals surface area contributed by atoms with Crippen LogP contribution in [0.5, 0.6) is 5.75 Å². The van der Waals surface area contributed by atoms with Crippen LogP contribution in [0.15, 0.2) is 42.5 Å². The number of ether oxygens (including phenoxy) is 1. The van der Waals surface area contributed by atoms with Gasteiger partial charge in [-0.25, -0.2) is 4.79 Å². The van der Waals surface area contributed by atoms with E-state index in [4.69, 9.17) is 10.5 Å². The molecule has 1 aliphatic rings. The number of carbonyl (C=O) groups excluding carboxylic acids is 4. The topological polar surface area (TPSA) is 166 Å². The zero-order valence-corrected chi connectivity index (χ0v) is 27.7. The maximum atomic E-state index is 13.5. The van der Waals surface area contributed by atoms with Gasteiger partial charge >= 0.3 is 6.03 Å². The first-order chi connectivity index (χ1) is 21.9. The number of benzene rings is 2.